The summed E-state index contributed by atoms with van der Waals surface area (Å²) in [6.07, 6.45) is 1.60. The predicted octanol–water partition coefficient (Wildman–Crippen LogP) is 2.36. The summed E-state index contributed by atoms with van der Waals surface area (Å²) in [5.41, 5.74) is 0.670. The van der Waals surface area contributed by atoms with Crippen LogP contribution in [-0.4, -0.2) is 10.1 Å². The van der Waals surface area contributed by atoms with E-state index in [0.29, 0.717) is 17.2 Å². The van der Waals surface area contributed by atoms with Gasteiger partial charge < -0.3 is 9.52 Å². The monoisotopic (exact) mass is 175 g/mol. The van der Waals surface area contributed by atoms with Gasteiger partial charge in [0.2, 0.25) is 0 Å². The minimum absolute atomic E-state index is 0.207. The number of phenolic OH excluding ortho intramolecular Hbond substituents is 1. The lowest BCUT2D eigenvalue weighted by molar-refractivity contribution is 0.471. The van der Waals surface area contributed by atoms with E-state index >= 15 is 0 Å². The number of para-hydroxylation sites is 1. The lowest BCUT2D eigenvalue weighted by Gasteiger charge is -1.98. The van der Waals surface area contributed by atoms with Gasteiger partial charge >= 0.3 is 0 Å². The number of phenols is 1. The Hall–Kier alpha value is -1.77. The van der Waals surface area contributed by atoms with Crippen molar-refractivity contribution in [2.45, 2.75) is 6.92 Å². The molecule has 0 fully saturated rings. The van der Waals surface area contributed by atoms with Gasteiger partial charge in [-0.15, -0.1) is 0 Å². The molecule has 1 heterocycles. The van der Waals surface area contributed by atoms with Crippen molar-refractivity contribution >= 4 is 0 Å². The third-order valence-corrected chi connectivity index (χ3v) is 1.79. The SMILES string of the molecule is Cc1ncc(-c2ccccc2O)o1. The fourth-order valence-corrected chi connectivity index (χ4v) is 1.17. The minimum Gasteiger partial charge on any atom is -0.507 e. The molecule has 0 bridgehead atoms. The molecule has 0 amide bonds. The van der Waals surface area contributed by atoms with Crippen molar-refractivity contribution in [1.82, 2.24) is 4.98 Å². The summed E-state index contributed by atoms with van der Waals surface area (Å²) in [6.45, 7) is 1.77. The molecule has 0 aliphatic rings. The number of aromatic nitrogens is 1. The highest BCUT2D eigenvalue weighted by molar-refractivity contribution is 5.64. The normalized spacial score (nSPS) is 10.2. The van der Waals surface area contributed by atoms with Crippen LogP contribution in [0.3, 0.4) is 0 Å². The molecule has 2 aromatic rings. The number of aromatic hydroxyl groups is 1. The quantitative estimate of drug-likeness (QED) is 0.723. The highest BCUT2D eigenvalue weighted by Gasteiger charge is 2.06. The molecule has 0 saturated heterocycles. The fraction of sp³-hybridized carbons (Fsp3) is 0.100. The van der Waals surface area contributed by atoms with Crippen LogP contribution < -0.4 is 0 Å². The molecule has 1 aromatic heterocycles. The molecule has 0 atom stereocenters. The van der Waals surface area contributed by atoms with Crippen molar-refractivity contribution < 1.29 is 9.52 Å². The van der Waals surface area contributed by atoms with E-state index in [9.17, 15) is 5.11 Å². The van der Waals surface area contributed by atoms with Gasteiger partial charge in [-0.25, -0.2) is 4.98 Å². The number of hydrogen-bond acceptors (Lipinski definition) is 3. The second-order valence-corrected chi connectivity index (χ2v) is 2.76. The molecule has 0 radical (unpaired) electrons. The van der Waals surface area contributed by atoms with Gasteiger partial charge in [-0.2, -0.15) is 0 Å². The van der Waals surface area contributed by atoms with Gasteiger partial charge in [0.15, 0.2) is 11.7 Å². The van der Waals surface area contributed by atoms with Crippen LogP contribution in [0.5, 0.6) is 5.75 Å². The van der Waals surface area contributed by atoms with Crippen LogP contribution in [0.2, 0.25) is 0 Å². The van der Waals surface area contributed by atoms with Crippen LogP contribution in [-0.2, 0) is 0 Å². The van der Waals surface area contributed by atoms with Crippen molar-refractivity contribution in [1.29, 1.82) is 0 Å². The van der Waals surface area contributed by atoms with E-state index in [-0.39, 0.29) is 5.75 Å². The standard InChI is InChI=1S/C10H9NO2/c1-7-11-6-10(13-7)8-4-2-3-5-9(8)12/h2-6,12H,1H3. The lowest BCUT2D eigenvalue weighted by atomic mass is 10.2. The highest BCUT2D eigenvalue weighted by Crippen LogP contribution is 2.28. The van der Waals surface area contributed by atoms with Crippen molar-refractivity contribution in [3.8, 4) is 17.1 Å². The third-order valence-electron chi connectivity index (χ3n) is 1.79. The number of benzene rings is 1. The van der Waals surface area contributed by atoms with Crippen LogP contribution in [0, 0.1) is 6.92 Å². The molecule has 1 aromatic carbocycles. The first kappa shape index (κ1) is 7.86. The fourth-order valence-electron chi connectivity index (χ4n) is 1.17. The van der Waals surface area contributed by atoms with Gasteiger partial charge in [0.25, 0.3) is 0 Å². The first-order valence-electron chi connectivity index (χ1n) is 3.98. The zero-order chi connectivity index (χ0) is 9.26. The Morgan fingerprint density at radius 3 is 2.69 bits per heavy atom. The van der Waals surface area contributed by atoms with Gasteiger partial charge in [0, 0.05) is 6.92 Å². The van der Waals surface area contributed by atoms with Crippen molar-refractivity contribution in [3.05, 3.63) is 36.4 Å². The van der Waals surface area contributed by atoms with E-state index in [1.807, 2.05) is 6.07 Å². The zero-order valence-electron chi connectivity index (χ0n) is 7.19. The van der Waals surface area contributed by atoms with Crippen LogP contribution in [0.4, 0.5) is 0 Å². The maximum Gasteiger partial charge on any atom is 0.191 e. The largest absolute Gasteiger partial charge is 0.507 e. The Balaban J connectivity index is 2.52. The van der Waals surface area contributed by atoms with Crippen LogP contribution in [0.25, 0.3) is 11.3 Å². The van der Waals surface area contributed by atoms with Gasteiger partial charge in [-0.1, -0.05) is 12.1 Å². The molecule has 2 rings (SSSR count). The smallest absolute Gasteiger partial charge is 0.191 e. The Labute approximate surface area is 75.7 Å². The van der Waals surface area contributed by atoms with Gasteiger partial charge in [0.05, 0.1) is 11.8 Å². The van der Waals surface area contributed by atoms with E-state index in [4.69, 9.17) is 4.42 Å². The average molecular weight is 175 g/mol. The summed E-state index contributed by atoms with van der Waals surface area (Å²) < 4.78 is 5.28. The number of hydrogen-bond donors (Lipinski definition) is 1. The molecular weight excluding hydrogens is 166 g/mol. The van der Waals surface area contributed by atoms with E-state index in [1.165, 1.54) is 0 Å². The molecule has 0 aliphatic heterocycles. The minimum atomic E-state index is 0.207. The van der Waals surface area contributed by atoms with Crippen LogP contribution in [0.1, 0.15) is 5.89 Å². The summed E-state index contributed by atoms with van der Waals surface area (Å²) >= 11 is 0. The van der Waals surface area contributed by atoms with E-state index in [1.54, 1.807) is 31.3 Å². The Morgan fingerprint density at radius 1 is 1.31 bits per heavy atom. The predicted molar refractivity (Wildman–Crippen MR) is 48.3 cm³/mol. The first-order valence-corrected chi connectivity index (χ1v) is 3.98. The molecule has 13 heavy (non-hydrogen) atoms. The number of rotatable bonds is 1. The second-order valence-electron chi connectivity index (χ2n) is 2.76. The first-order chi connectivity index (χ1) is 6.27. The van der Waals surface area contributed by atoms with Crippen molar-refractivity contribution in [2.24, 2.45) is 0 Å². The van der Waals surface area contributed by atoms with E-state index in [0.717, 1.165) is 0 Å². The zero-order valence-corrected chi connectivity index (χ0v) is 7.19. The summed E-state index contributed by atoms with van der Waals surface area (Å²) in [4.78, 5) is 3.96. The van der Waals surface area contributed by atoms with E-state index < -0.39 is 0 Å². The number of aryl methyl sites for hydroxylation is 1. The van der Waals surface area contributed by atoms with Crippen molar-refractivity contribution in [3.63, 3.8) is 0 Å². The average Bonchev–Trinajstić information content (AvgIpc) is 2.53. The molecule has 0 saturated carbocycles. The number of nitrogens with zero attached hydrogens (tertiary/aromatic N) is 1. The highest BCUT2D eigenvalue weighted by atomic mass is 16.4. The Morgan fingerprint density at radius 2 is 2.08 bits per heavy atom. The topological polar surface area (TPSA) is 46.3 Å². The molecule has 3 heteroatoms. The third kappa shape index (κ3) is 1.40. The summed E-state index contributed by atoms with van der Waals surface area (Å²) in [5, 5.41) is 9.49. The van der Waals surface area contributed by atoms with Gasteiger partial charge in [-0.3, -0.25) is 0 Å². The molecule has 0 unspecified atom stereocenters. The molecule has 1 N–H and O–H groups in total. The molecule has 0 aliphatic carbocycles. The van der Waals surface area contributed by atoms with Gasteiger partial charge in [0.1, 0.15) is 5.75 Å². The van der Waals surface area contributed by atoms with Gasteiger partial charge in [-0.05, 0) is 12.1 Å². The summed E-state index contributed by atoms with van der Waals surface area (Å²) in [5.74, 6) is 1.40. The van der Waals surface area contributed by atoms with Crippen molar-refractivity contribution in [2.75, 3.05) is 0 Å². The maximum absolute atomic E-state index is 9.49. The maximum atomic E-state index is 9.49. The Bertz CT molecular complexity index is 420. The molecule has 66 valence electrons. The second kappa shape index (κ2) is 2.94. The molecular formula is C10H9NO2. The molecule has 0 spiro atoms. The number of oxazole rings is 1. The lowest BCUT2D eigenvalue weighted by Crippen LogP contribution is -1.73. The summed E-state index contributed by atoms with van der Waals surface area (Å²) in [6, 6.07) is 7.01. The van der Waals surface area contributed by atoms with Crippen LogP contribution >= 0.6 is 0 Å². The summed E-state index contributed by atoms with van der Waals surface area (Å²) in [7, 11) is 0. The molecule has 3 nitrogen and oxygen atoms in total. The Kier molecular flexibility index (Phi) is 1.77. The van der Waals surface area contributed by atoms with Crippen LogP contribution in [0.15, 0.2) is 34.9 Å². The van der Waals surface area contributed by atoms with E-state index in [2.05, 4.69) is 4.98 Å².